The number of amides is 1. The fourth-order valence-electron chi connectivity index (χ4n) is 3.72. The van der Waals surface area contributed by atoms with Crippen molar-refractivity contribution in [1.82, 2.24) is 4.57 Å². The van der Waals surface area contributed by atoms with Gasteiger partial charge in [-0.3, -0.25) is 4.79 Å². The topological polar surface area (TPSA) is 43.3 Å². The molecule has 5 heteroatoms. The van der Waals surface area contributed by atoms with Crippen molar-refractivity contribution in [1.29, 1.82) is 0 Å². The van der Waals surface area contributed by atoms with Crippen LogP contribution in [0.15, 0.2) is 66.7 Å². The summed E-state index contributed by atoms with van der Waals surface area (Å²) in [6.07, 6.45) is -0.0448. The van der Waals surface area contributed by atoms with Crippen molar-refractivity contribution >= 4 is 45.0 Å². The Bertz CT molecular complexity index is 1180. The first-order valence-electron chi connectivity index (χ1n) is 9.84. The smallest absolute Gasteiger partial charge is 0.265 e. The lowest BCUT2D eigenvalue weighted by molar-refractivity contribution is -0.122. The van der Waals surface area contributed by atoms with Gasteiger partial charge in [-0.25, -0.2) is 0 Å². The number of carbonyl (C=O) groups is 1. The molecule has 0 aliphatic heterocycles. The second-order valence-corrected chi connectivity index (χ2v) is 7.39. The molecule has 1 heterocycles. The van der Waals surface area contributed by atoms with Gasteiger partial charge in [0.1, 0.15) is 5.75 Å². The zero-order valence-electron chi connectivity index (χ0n) is 16.5. The van der Waals surface area contributed by atoms with Gasteiger partial charge in [-0.2, -0.15) is 0 Å². The van der Waals surface area contributed by atoms with Crippen LogP contribution in [0.5, 0.6) is 5.75 Å². The molecule has 4 rings (SSSR count). The Morgan fingerprint density at radius 1 is 1.00 bits per heavy atom. The van der Waals surface area contributed by atoms with E-state index in [-0.39, 0.29) is 5.91 Å². The lowest BCUT2D eigenvalue weighted by Gasteiger charge is -2.17. The Labute approximate surface area is 175 Å². The quantitative estimate of drug-likeness (QED) is 0.410. The highest BCUT2D eigenvalue weighted by atomic mass is 35.5. The molecule has 0 unspecified atom stereocenters. The van der Waals surface area contributed by atoms with E-state index in [2.05, 4.69) is 41.1 Å². The van der Waals surface area contributed by atoms with Crippen LogP contribution in [0, 0.1) is 0 Å². The van der Waals surface area contributed by atoms with Gasteiger partial charge in [-0.1, -0.05) is 42.8 Å². The summed E-state index contributed by atoms with van der Waals surface area (Å²) in [6.45, 7) is 4.95. The summed E-state index contributed by atoms with van der Waals surface area (Å²) in [6, 6.07) is 21.5. The van der Waals surface area contributed by atoms with E-state index in [0.29, 0.717) is 17.2 Å². The maximum absolute atomic E-state index is 12.8. The van der Waals surface area contributed by atoms with E-state index in [9.17, 15) is 4.79 Å². The number of ether oxygens (including phenoxy) is 1. The number of hydrogen-bond donors (Lipinski definition) is 1. The first kappa shape index (κ1) is 19.3. The van der Waals surface area contributed by atoms with Crippen molar-refractivity contribution in [2.75, 3.05) is 5.32 Å². The van der Waals surface area contributed by atoms with E-state index in [1.165, 1.54) is 10.9 Å². The summed E-state index contributed by atoms with van der Waals surface area (Å²) in [5.41, 5.74) is 3.12. The predicted molar refractivity (Wildman–Crippen MR) is 120 cm³/mol. The van der Waals surface area contributed by atoms with E-state index in [1.54, 1.807) is 24.3 Å². The molecule has 0 radical (unpaired) electrons. The summed E-state index contributed by atoms with van der Waals surface area (Å²) < 4.78 is 8.14. The number of para-hydroxylation sites is 1. The number of nitrogens with zero attached hydrogens (tertiary/aromatic N) is 1. The standard InChI is InChI=1S/C24H23ClN2O2/c1-3-23(29-18-9-7-8-16(25)14-18)24(28)26-17-12-13-22-20(15-17)19-10-5-6-11-21(19)27(22)4-2/h5-15,23H,3-4H2,1-2H3,(H,26,28)/t23-/m1/s1. The molecule has 4 aromatic rings. The fourth-order valence-corrected chi connectivity index (χ4v) is 3.90. The predicted octanol–water partition coefficient (Wildman–Crippen LogP) is 6.26. The number of aryl methyl sites for hydroxylation is 1. The number of nitrogens with one attached hydrogen (secondary N) is 1. The number of rotatable bonds is 6. The van der Waals surface area contributed by atoms with Crippen LogP contribution in [0.2, 0.25) is 5.02 Å². The minimum atomic E-state index is -0.596. The van der Waals surface area contributed by atoms with E-state index >= 15 is 0 Å². The Morgan fingerprint density at radius 3 is 2.55 bits per heavy atom. The molecule has 1 amide bonds. The van der Waals surface area contributed by atoms with E-state index < -0.39 is 6.10 Å². The lowest BCUT2D eigenvalue weighted by atomic mass is 10.1. The van der Waals surface area contributed by atoms with Gasteiger partial charge in [0.05, 0.1) is 0 Å². The van der Waals surface area contributed by atoms with Crippen LogP contribution in [0.4, 0.5) is 5.69 Å². The van der Waals surface area contributed by atoms with Crippen molar-refractivity contribution in [3.8, 4) is 5.75 Å². The molecule has 0 saturated carbocycles. The summed E-state index contributed by atoms with van der Waals surface area (Å²) in [5.74, 6) is 0.409. The zero-order chi connectivity index (χ0) is 20.4. The molecule has 1 aromatic heterocycles. The highest BCUT2D eigenvalue weighted by Gasteiger charge is 2.19. The van der Waals surface area contributed by atoms with Gasteiger partial charge >= 0.3 is 0 Å². The summed E-state index contributed by atoms with van der Waals surface area (Å²) in [7, 11) is 0. The number of halogens is 1. The highest BCUT2D eigenvalue weighted by Crippen LogP contribution is 2.31. The van der Waals surface area contributed by atoms with Crippen LogP contribution in [0.3, 0.4) is 0 Å². The van der Waals surface area contributed by atoms with Crippen LogP contribution < -0.4 is 10.1 Å². The van der Waals surface area contributed by atoms with Gasteiger partial charge < -0.3 is 14.6 Å². The van der Waals surface area contributed by atoms with Gasteiger partial charge in [-0.05, 0) is 55.8 Å². The van der Waals surface area contributed by atoms with Crippen LogP contribution in [-0.4, -0.2) is 16.6 Å². The van der Waals surface area contributed by atoms with Crippen molar-refractivity contribution in [3.63, 3.8) is 0 Å². The van der Waals surface area contributed by atoms with Gasteiger partial charge in [0.2, 0.25) is 0 Å². The summed E-state index contributed by atoms with van der Waals surface area (Å²) in [4.78, 5) is 12.8. The van der Waals surface area contributed by atoms with Crippen molar-refractivity contribution in [2.24, 2.45) is 0 Å². The number of aromatic nitrogens is 1. The molecule has 0 aliphatic rings. The molecule has 0 saturated heterocycles. The number of hydrogen-bond acceptors (Lipinski definition) is 2. The molecule has 0 fully saturated rings. The first-order chi connectivity index (χ1) is 14.1. The molecular formula is C24H23ClN2O2. The molecule has 148 valence electrons. The zero-order valence-corrected chi connectivity index (χ0v) is 17.2. The molecule has 3 aromatic carbocycles. The van der Waals surface area contributed by atoms with E-state index in [4.69, 9.17) is 16.3 Å². The molecule has 1 N–H and O–H groups in total. The minimum absolute atomic E-state index is 0.175. The molecule has 4 nitrogen and oxygen atoms in total. The minimum Gasteiger partial charge on any atom is -0.481 e. The molecule has 29 heavy (non-hydrogen) atoms. The van der Waals surface area contributed by atoms with Crippen LogP contribution in [-0.2, 0) is 11.3 Å². The monoisotopic (exact) mass is 406 g/mol. The molecule has 0 spiro atoms. The van der Waals surface area contributed by atoms with E-state index in [1.807, 2.05) is 25.1 Å². The Balaban J connectivity index is 1.61. The Hall–Kier alpha value is -2.98. The van der Waals surface area contributed by atoms with Crippen molar-refractivity contribution in [2.45, 2.75) is 32.9 Å². The molecule has 0 bridgehead atoms. The summed E-state index contributed by atoms with van der Waals surface area (Å²) in [5, 5.41) is 5.90. The third-order valence-electron chi connectivity index (χ3n) is 5.09. The average molecular weight is 407 g/mol. The molecule has 0 aliphatic carbocycles. The maximum Gasteiger partial charge on any atom is 0.265 e. The molecule has 1 atom stereocenters. The first-order valence-corrected chi connectivity index (χ1v) is 10.2. The maximum atomic E-state index is 12.8. The third kappa shape index (κ3) is 3.81. The lowest BCUT2D eigenvalue weighted by Crippen LogP contribution is -2.32. The van der Waals surface area contributed by atoms with Gasteiger partial charge in [-0.15, -0.1) is 0 Å². The largest absolute Gasteiger partial charge is 0.481 e. The third-order valence-corrected chi connectivity index (χ3v) is 5.33. The summed E-state index contributed by atoms with van der Waals surface area (Å²) >= 11 is 6.02. The number of carbonyl (C=O) groups excluding carboxylic acids is 1. The van der Waals surface area contributed by atoms with Gasteiger partial charge in [0, 0.05) is 39.1 Å². The second-order valence-electron chi connectivity index (χ2n) is 6.95. The fraction of sp³-hybridized carbons (Fsp3) is 0.208. The average Bonchev–Trinajstić information content (AvgIpc) is 3.05. The number of fused-ring (bicyclic) bond motifs is 3. The number of anilines is 1. The molecular weight excluding hydrogens is 384 g/mol. The Morgan fingerprint density at radius 2 is 1.79 bits per heavy atom. The highest BCUT2D eigenvalue weighted by molar-refractivity contribution is 6.30. The van der Waals surface area contributed by atoms with Crippen molar-refractivity contribution < 1.29 is 9.53 Å². The van der Waals surface area contributed by atoms with Crippen LogP contribution in [0.1, 0.15) is 20.3 Å². The van der Waals surface area contributed by atoms with Gasteiger partial charge in [0.25, 0.3) is 5.91 Å². The number of benzene rings is 3. The van der Waals surface area contributed by atoms with E-state index in [0.717, 1.165) is 23.1 Å². The van der Waals surface area contributed by atoms with Crippen molar-refractivity contribution in [3.05, 3.63) is 71.8 Å². The van der Waals surface area contributed by atoms with Gasteiger partial charge in [0.15, 0.2) is 6.10 Å². The Kier molecular flexibility index (Phi) is 5.45. The van der Waals surface area contributed by atoms with Crippen LogP contribution >= 0.6 is 11.6 Å². The van der Waals surface area contributed by atoms with Crippen LogP contribution in [0.25, 0.3) is 21.8 Å². The SMILES string of the molecule is CC[C@@H](Oc1cccc(Cl)c1)C(=O)Nc1ccc2c(c1)c1ccccc1n2CC. The normalized spacial score (nSPS) is 12.2. The second kappa shape index (κ2) is 8.18.